The van der Waals surface area contributed by atoms with E-state index >= 15 is 0 Å². The lowest BCUT2D eigenvalue weighted by molar-refractivity contribution is -0.159. The molecule has 1 amide bonds. The van der Waals surface area contributed by atoms with Gasteiger partial charge in [0.1, 0.15) is 5.92 Å². The summed E-state index contributed by atoms with van der Waals surface area (Å²) in [5.74, 6) is -6.01. The van der Waals surface area contributed by atoms with Crippen molar-refractivity contribution in [3.8, 4) is 11.4 Å². The van der Waals surface area contributed by atoms with Gasteiger partial charge in [-0.25, -0.2) is 8.78 Å². The van der Waals surface area contributed by atoms with Crippen molar-refractivity contribution >= 4 is 5.91 Å². The molecule has 2 fully saturated rings. The molecule has 1 aromatic carbocycles. The first-order chi connectivity index (χ1) is 13.1. The molecule has 2 aliphatic carbocycles. The predicted molar refractivity (Wildman–Crippen MR) is 85.9 cm³/mol. The maximum Gasteiger partial charge on any atom is 0.471 e. The second-order valence-electron chi connectivity index (χ2n) is 7.30. The van der Waals surface area contributed by atoms with Gasteiger partial charge in [-0.1, -0.05) is 29.4 Å². The van der Waals surface area contributed by atoms with Crippen LogP contribution in [0.3, 0.4) is 0 Å². The predicted octanol–water partition coefficient (Wildman–Crippen LogP) is 4.15. The topological polar surface area (TPSA) is 59.2 Å². The number of carbonyl (C=O) groups is 1. The number of carbonyl (C=O) groups excluding carboxylic acids is 1. The normalized spacial score (nSPS) is 20.8. The second-order valence-corrected chi connectivity index (χ2v) is 7.30. The third kappa shape index (κ3) is 4.00. The quantitative estimate of drug-likeness (QED) is 0.683. The van der Waals surface area contributed by atoms with Crippen LogP contribution in [0.1, 0.15) is 30.7 Å². The van der Waals surface area contributed by atoms with E-state index in [1.807, 2.05) is 0 Å². The molecule has 1 heterocycles. The molecule has 1 unspecified atom stereocenters. The van der Waals surface area contributed by atoms with Crippen molar-refractivity contribution in [3.05, 3.63) is 35.7 Å². The highest BCUT2D eigenvalue weighted by atomic mass is 19.4. The van der Waals surface area contributed by atoms with E-state index in [1.165, 1.54) is 17.0 Å². The summed E-state index contributed by atoms with van der Waals surface area (Å²) in [6, 6.07) is 6.23. The Morgan fingerprint density at radius 1 is 1.21 bits per heavy atom. The molecular formula is C18H16F5N3O2. The number of aromatic nitrogens is 2. The van der Waals surface area contributed by atoms with E-state index in [0.29, 0.717) is 23.6 Å². The number of halogens is 5. The molecule has 0 saturated heterocycles. The van der Waals surface area contributed by atoms with Gasteiger partial charge in [0.15, 0.2) is 0 Å². The molecule has 1 atom stereocenters. The lowest BCUT2D eigenvalue weighted by Crippen LogP contribution is -2.35. The van der Waals surface area contributed by atoms with Gasteiger partial charge in [0.25, 0.3) is 5.92 Å². The minimum atomic E-state index is -4.72. The van der Waals surface area contributed by atoms with Crippen molar-refractivity contribution < 1.29 is 31.3 Å². The minimum absolute atomic E-state index is 0.169. The summed E-state index contributed by atoms with van der Waals surface area (Å²) in [4.78, 5) is 17.1. The SMILES string of the molecule is O=C(C1CC1(F)F)N(Cc1ccc(-c2noc(C(F)(F)F)n2)cc1)CC1CC1. The van der Waals surface area contributed by atoms with Crippen molar-refractivity contribution in [1.82, 2.24) is 15.0 Å². The number of benzene rings is 1. The molecular weight excluding hydrogens is 385 g/mol. The fourth-order valence-corrected chi connectivity index (χ4v) is 2.98. The van der Waals surface area contributed by atoms with E-state index in [-0.39, 0.29) is 12.4 Å². The van der Waals surface area contributed by atoms with Crippen molar-refractivity contribution in [2.75, 3.05) is 6.54 Å². The zero-order chi connectivity index (χ0) is 20.1. The van der Waals surface area contributed by atoms with E-state index in [9.17, 15) is 26.7 Å². The van der Waals surface area contributed by atoms with Crippen LogP contribution < -0.4 is 0 Å². The average Bonchev–Trinajstić information content (AvgIpc) is 3.49. The fourth-order valence-electron chi connectivity index (χ4n) is 2.98. The molecule has 0 bridgehead atoms. The van der Waals surface area contributed by atoms with E-state index in [0.717, 1.165) is 12.8 Å². The molecule has 2 aromatic rings. The Morgan fingerprint density at radius 3 is 2.36 bits per heavy atom. The van der Waals surface area contributed by atoms with Crippen molar-refractivity contribution in [3.63, 3.8) is 0 Å². The van der Waals surface area contributed by atoms with E-state index < -0.39 is 36.2 Å². The first-order valence-corrected chi connectivity index (χ1v) is 8.80. The Morgan fingerprint density at radius 2 is 1.86 bits per heavy atom. The van der Waals surface area contributed by atoms with Crippen LogP contribution >= 0.6 is 0 Å². The van der Waals surface area contributed by atoms with Gasteiger partial charge in [-0.3, -0.25) is 4.79 Å². The molecule has 0 N–H and O–H groups in total. The second kappa shape index (κ2) is 6.52. The highest BCUT2D eigenvalue weighted by Crippen LogP contribution is 2.50. The Balaban J connectivity index is 1.46. The Labute approximate surface area is 156 Å². The third-order valence-electron chi connectivity index (χ3n) is 4.87. The molecule has 10 heteroatoms. The molecule has 1 aromatic heterocycles. The lowest BCUT2D eigenvalue weighted by Gasteiger charge is -2.23. The number of hydrogen-bond acceptors (Lipinski definition) is 4. The maximum absolute atomic E-state index is 13.3. The Kier molecular flexibility index (Phi) is 4.39. The summed E-state index contributed by atoms with van der Waals surface area (Å²) in [6.45, 7) is 0.606. The molecule has 28 heavy (non-hydrogen) atoms. The van der Waals surface area contributed by atoms with Gasteiger partial charge in [0, 0.05) is 25.1 Å². The van der Waals surface area contributed by atoms with Crippen LogP contribution in [0.25, 0.3) is 11.4 Å². The van der Waals surface area contributed by atoms with Crippen molar-refractivity contribution in [1.29, 1.82) is 0 Å². The zero-order valence-electron chi connectivity index (χ0n) is 14.5. The summed E-state index contributed by atoms with van der Waals surface area (Å²) >= 11 is 0. The number of rotatable bonds is 6. The number of nitrogens with zero attached hydrogens (tertiary/aromatic N) is 3. The average molecular weight is 401 g/mol. The summed E-state index contributed by atoms with van der Waals surface area (Å²) < 4.78 is 68.4. The van der Waals surface area contributed by atoms with Gasteiger partial charge in [0.2, 0.25) is 11.7 Å². The van der Waals surface area contributed by atoms with Crippen LogP contribution in [0.5, 0.6) is 0 Å². The molecule has 0 radical (unpaired) electrons. The molecule has 0 spiro atoms. The third-order valence-corrected chi connectivity index (χ3v) is 4.87. The van der Waals surface area contributed by atoms with Gasteiger partial charge in [-0.05, 0) is 24.3 Å². The fraction of sp³-hybridized carbons (Fsp3) is 0.500. The molecule has 4 rings (SSSR count). The number of amides is 1. The lowest BCUT2D eigenvalue weighted by atomic mass is 10.1. The standard InChI is InChI=1S/C18H16F5N3O2/c19-17(20)7-13(17)15(27)26(8-10-1-2-10)9-11-3-5-12(6-4-11)14-24-16(28-25-14)18(21,22)23/h3-6,10,13H,1-2,7-9H2. The Hall–Kier alpha value is -2.52. The van der Waals surface area contributed by atoms with Crippen LogP contribution in [-0.2, 0) is 17.5 Å². The molecule has 0 aliphatic heterocycles. The van der Waals surface area contributed by atoms with Gasteiger partial charge in [-0.15, -0.1) is 0 Å². The van der Waals surface area contributed by atoms with Crippen molar-refractivity contribution in [2.24, 2.45) is 11.8 Å². The largest absolute Gasteiger partial charge is 0.471 e. The van der Waals surface area contributed by atoms with Crippen LogP contribution in [-0.4, -0.2) is 33.4 Å². The van der Waals surface area contributed by atoms with Crippen molar-refractivity contribution in [2.45, 2.75) is 37.9 Å². The first-order valence-electron chi connectivity index (χ1n) is 8.80. The highest BCUT2D eigenvalue weighted by molar-refractivity contribution is 5.83. The van der Waals surface area contributed by atoms with Crippen LogP contribution in [0.4, 0.5) is 22.0 Å². The molecule has 2 saturated carbocycles. The summed E-state index contributed by atoms with van der Waals surface area (Å²) in [7, 11) is 0. The van der Waals surface area contributed by atoms with Crippen LogP contribution in [0.15, 0.2) is 28.8 Å². The van der Waals surface area contributed by atoms with E-state index in [2.05, 4.69) is 14.7 Å². The molecule has 2 aliphatic rings. The number of hydrogen-bond donors (Lipinski definition) is 0. The monoisotopic (exact) mass is 401 g/mol. The highest BCUT2D eigenvalue weighted by Gasteiger charge is 2.62. The first kappa shape index (κ1) is 18.8. The van der Waals surface area contributed by atoms with E-state index in [1.54, 1.807) is 12.1 Å². The molecule has 150 valence electrons. The minimum Gasteiger partial charge on any atom is -0.338 e. The smallest absolute Gasteiger partial charge is 0.338 e. The summed E-state index contributed by atoms with van der Waals surface area (Å²) in [5.41, 5.74) is 0.998. The van der Waals surface area contributed by atoms with Gasteiger partial charge < -0.3 is 9.42 Å². The Bertz CT molecular complexity index is 874. The number of alkyl halides is 5. The van der Waals surface area contributed by atoms with Gasteiger partial charge in [-0.2, -0.15) is 18.2 Å². The summed E-state index contributed by atoms with van der Waals surface area (Å²) in [5, 5.41) is 3.31. The van der Waals surface area contributed by atoms with Crippen LogP contribution in [0.2, 0.25) is 0 Å². The summed E-state index contributed by atoms with van der Waals surface area (Å²) in [6.07, 6.45) is -3.18. The van der Waals surface area contributed by atoms with Gasteiger partial charge >= 0.3 is 12.1 Å². The van der Waals surface area contributed by atoms with Gasteiger partial charge in [0.05, 0.1) is 0 Å². The van der Waals surface area contributed by atoms with Crippen LogP contribution in [0, 0.1) is 11.8 Å². The molecule has 5 nitrogen and oxygen atoms in total. The van der Waals surface area contributed by atoms with E-state index in [4.69, 9.17) is 0 Å². The zero-order valence-corrected chi connectivity index (χ0v) is 14.5. The maximum atomic E-state index is 13.3.